The number of benzene rings is 1. The van der Waals surface area contributed by atoms with Crippen LogP contribution in [0.4, 0.5) is 5.69 Å². The molecule has 0 fully saturated rings. The molecule has 7 nitrogen and oxygen atoms in total. The van der Waals surface area contributed by atoms with Crippen molar-refractivity contribution in [2.75, 3.05) is 11.9 Å². The van der Waals surface area contributed by atoms with Crippen LogP contribution in [0.2, 0.25) is 0 Å². The number of nitrogens with zero attached hydrogens (tertiary/aromatic N) is 1. The van der Waals surface area contributed by atoms with E-state index in [1.807, 2.05) is 44.2 Å². The highest BCUT2D eigenvalue weighted by atomic mass is 35.5. The zero-order valence-electron chi connectivity index (χ0n) is 15.0. The average Bonchev–Trinajstić information content (AvgIpc) is 2.61. The number of pyridine rings is 1. The lowest BCUT2D eigenvalue weighted by molar-refractivity contribution is -0.125. The molecule has 0 aliphatic carbocycles. The molecule has 2 amide bonds. The second kappa shape index (κ2) is 12.1. The van der Waals surface area contributed by atoms with Crippen LogP contribution in [-0.2, 0) is 9.59 Å². The summed E-state index contributed by atoms with van der Waals surface area (Å²) in [5.41, 5.74) is 6.22. The van der Waals surface area contributed by atoms with Crippen LogP contribution in [0.3, 0.4) is 0 Å². The van der Waals surface area contributed by atoms with Crippen molar-refractivity contribution in [2.24, 2.45) is 11.7 Å². The number of para-hydroxylation sites is 1. The van der Waals surface area contributed by atoms with Gasteiger partial charge < -0.3 is 21.1 Å². The Kier molecular flexibility index (Phi) is 11.1. The van der Waals surface area contributed by atoms with E-state index in [2.05, 4.69) is 15.6 Å². The lowest BCUT2D eigenvalue weighted by atomic mass is 10.1. The Labute approximate surface area is 170 Å². The van der Waals surface area contributed by atoms with Gasteiger partial charge in [-0.2, -0.15) is 0 Å². The number of nitrogens with one attached hydrogen (secondary N) is 2. The normalized spacial score (nSPS) is 10.8. The SMILES string of the molecule is CC(C)[C@H](N)C(=O)NCC(=O)Nc1ccc(Oc2ccccc2)nc1.Cl.Cl. The van der Waals surface area contributed by atoms with Crippen LogP contribution in [0.25, 0.3) is 0 Å². The molecule has 0 aliphatic heterocycles. The summed E-state index contributed by atoms with van der Waals surface area (Å²) in [5.74, 6) is 0.388. The number of nitrogens with two attached hydrogens (primary N) is 1. The molecule has 0 spiro atoms. The van der Waals surface area contributed by atoms with Crippen LogP contribution >= 0.6 is 24.8 Å². The number of hydrogen-bond donors (Lipinski definition) is 3. The number of anilines is 1. The van der Waals surface area contributed by atoms with Crippen molar-refractivity contribution in [3.05, 3.63) is 48.7 Å². The fourth-order valence-corrected chi connectivity index (χ4v) is 1.92. The predicted molar refractivity (Wildman–Crippen MR) is 110 cm³/mol. The highest BCUT2D eigenvalue weighted by Crippen LogP contribution is 2.19. The molecule has 9 heteroatoms. The highest BCUT2D eigenvalue weighted by Gasteiger charge is 2.17. The van der Waals surface area contributed by atoms with Crippen LogP contribution in [0, 0.1) is 5.92 Å². The molecule has 2 rings (SSSR count). The Bertz CT molecular complexity index is 712. The Morgan fingerprint density at radius 2 is 1.78 bits per heavy atom. The molecule has 4 N–H and O–H groups in total. The minimum absolute atomic E-state index is 0. The van der Waals surface area contributed by atoms with E-state index in [4.69, 9.17) is 10.5 Å². The van der Waals surface area contributed by atoms with Gasteiger partial charge in [-0.25, -0.2) is 4.98 Å². The van der Waals surface area contributed by atoms with E-state index >= 15 is 0 Å². The fourth-order valence-electron chi connectivity index (χ4n) is 1.92. The maximum atomic E-state index is 11.9. The van der Waals surface area contributed by atoms with Crippen LogP contribution in [0.15, 0.2) is 48.7 Å². The van der Waals surface area contributed by atoms with Gasteiger partial charge in [0.1, 0.15) is 5.75 Å². The van der Waals surface area contributed by atoms with Gasteiger partial charge in [0.25, 0.3) is 0 Å². The molecule has 0 unspecified atom stereocenters. The summed E-state index contributed by atoms with van der Waals surface area (Å²) in [5, 5.41) is 5.15. The third-order valence-electron chi connectivity index (χ3n) is 3.43. The predicted octanol–water partition coefficient (Wildman–Crippen LogP) is 2.76. The second-order valence-corrected chi connectivity index (χ2v) is 5.84. The van der Waals surface area contributed by atoms with Crippen molar-refractivity contribution in [3.63, 3.8) is 0 Å². The number of hydrogen-bond acceptors (Lipinski definition) is 5. The van der Waals surface area contributed by atoms with Crippen LogP contribution in [0.5, 0.6) is 11.6 Å². The minimum atomic E-state index is -0.635. The molecule has 1 aromatic heterocycles. The van der Waals surface area contributed by atoms with E-state index in [0.29, 0.717) is 17.3 Å². The first-order chi connectivity index (χ1) is 12.0. The number of halogens is 2. The van der Waals surface area contributed by atoms with Crippen molar-refractivity contribution in [1.29, 1.82) is 0 Å². The van der Waals surface area contributed by atoms with Crippen molar-refractivity contribution in [1.82, 2.24) is 10.3 Å². The average molecular weight is 415 g/mol. The molecule has 0 saturated heterocycles. The summed E-state index contributed by atoms with van der Waals surface area (Å²) >= 11 is 0. The van der Waals surface area contributed by atoms with E-state index in [1.165, 1.54) is 6.20 Å². The zero-order valence-corrected chi connectivity index (χ0v) is 16.7. The van der Waals surface area contributed by atoms with E-state index in [-0.39, 0.29) is 49.1 Å². The molecule has 1 atom stereocenters. The van der Waals surface area contributed by atoms with Gasteiger partial charge in [-0.3, -0.25) is 9.59 Å². The van der Waals surface area contributed by atoms with Gasteiger partial charge in [0.15, 0.2) is 0 Å². The van der Waals surface area contributed by atoms with Crippen molar-refractivity contribution in [3.8, 4) is 11.6 Å². The van der Waals surface area contributed by atoms with Crippen molar-refractivity contribution >= 4 is 42.3 Å². The Morgan fingerprint density at radius 1 is 1.11 bits per heavy atom. The molecule has 27 heavy (non-hydrogen) atoms. The largest absolute Gasteiger partial charge is 0.439 e. The first-order valence-corrected chi connectivity index (χ1v) is 7.98. The summed E-state index contributed by atoms with van der Waals surface area (Å²) in [6, 6.07) is 12.0. The van der Waals surface area contributed by atoms with Crippen molar-refractivity contribution < 1.29 is 14.3 Å². The monoisotopic (exact) mass is 414 g/mol. The number of carbonyl (C=O) groups is 2. The van der Waals surface area contributed by atoms with Gasteiger partial charge in [0, 0.05) is 6.07 Å². The lowest BCUT2D eigenvalue weighted by Crippen LogP contribution is -2.46. The topological polar surface area (TPSA) is 106 Å². The number of rotatable bonds is 7. The molecule has 0 bridgehead atoms. The van der Waals surface area contributed by atoms with Crippen LogP contribution < -0.4 is 21.1 Å². The first kappa shape index (κ1) is 24.7. The maximum Gasteiger partial charge on any atom is 0.243 e. The number of aromatic nitrogens is 1. The summed E-state index contributed by atoms with van der Waals surface area (Å²) in [7, 11) is 0. The highest BCUT2D eigenvalue weighted by molar-refractivity contribution is 5.95. The summed E-state index contributed by atoms with van der Waals surface area (Å²) in [4.78, 5) is 27.7. The molecular weight excluding hydrogens is 391 g/mol. The summed E-state index contributed by atoms with van der Waals surface area (Å²) in [6.07, 6.45) is 1.48. The summed E-state index contributed by atoms with van der Waals surface area (Å²) < 4.78 is 5.57. The number of amides is 2. The van der Waals surface area contributed by atoms with Gasteiger partial charge in [0.05, 0.1) is 24.5 Å². The molecule has 1 aromatic carbocycles. The number of carbonyl (C=O) groups excluding carboxylic acids is 2. The minimum Gasteiger partial charge on any atom is -0.439 e. The Balaban J connectivity index is 0.00000338. The summed E-state index contributed by atoms with van der Waals surface area (Å²) in [6.45, 7) is 3.53. The zero-order chi connectivity index (χ0) is 18.2. The van der Waals surface area contributed by atoms with Crippen LogP contribution in [-0.4, -0.2) is 29.4 Å². The molecular formula is C18H24Cl2N4O3. The molecule has 148 valence electrons. The first-order valence-electron chi connectivity index (χ1n) is 7.98. The molecule has 1 heterocycles. The standard InChI is InChI=1S/C18H22N4O3.2ClH/c1-12(2)17(19)18(24)21-11-15(23)22-13-8-9-16(20-10-13)25-14-6-4-3-5-7-14;;/h3-10,12,17H,11,19H2,1-2H3,(H,21,24)(H,22,23);2*1H/t17-;;/m0../s1. The van der Waals surface area contributed by atoms with E-state index in [1.54, 1.807) is 12.1 Å². The van der Waals surface area contributed by atoms with Gasteiger partial charge in [0.2, 0.25) is 17.7 Å². The smallest absolute Gasteiger partial charge is 0.243 e. The van der Waals surface area contributed by atoms with Crippen LogP contribution in [0.1, 0.15) is 13.8 Å². The Hall–Kier alpha value is -2.35. The lowest BCUT2D eigenvalue weighted by Gasteiger charge is -2.15. The van der Waals surface area contributed by atoms with Crippen molar-refractivity contribution in [2.45, 2.75) is 19.9 Å². The quantitative estimate of drug-likeness (QED) is 0.645. The fraction of sp³-hybridized carbons (Fsp3) is 0.278. The van der Waals surface area contributed by atoms with E-state index in [9.17, 15) is 9.59 Å². The molecule has 2 aromatic rings. The number of ether oxygens (including phenoxy) is 1. The maximum absolute atomic E-state index is 11.9. The van der Waals surface area contributed by atoms with Gasteiger partial charge >= 0.3 is 0 Å². The third-order valence-corrected chi connectivity index (χ3v) is 3.43. The molecule has 0 saturated carbocycles. The Morgan fingerprint density at radius 3 is 2.33 bits per heavy atom. The molecule has 0 aliphatic rings. The molecule has 0 radical (unpaired) electrons. The van der Waals surface area contributed by atoms with Gasteiger partial charge in [-0.15, -0.1) is 24.8 Å². The third kappa shape index (κ3) is 8.25. The van der Waals surface area contributed by atoms with Gasteiger partial charge in [-0.1, -0.05) is 32.0 Å². The van der Waals surface area contributed by atoms with E-state index < -0.39 is 6.04 Å². The van der Waals surface area contributed by atoms with Gasteiger partial charge in [-0.05, 0) is 24.1 Å². The second-order valence-electron chi connectivity index (χ2n) is 5.84. The van der Waals surface area contributed by atoms with E-state index in [0.717, 1.165) is 0 Å².